The van der Waals surface area contributed by atoms with Gasteiger partial charge in [0.1, 0.15) is 0 Å². The molecule has 1 heterocycles. The fourth-order valence-corrected chi connectivity index (χ4v) is 2.54. The molecule has 0 radical (unpaired) electrons. The van der Waals surface area contributed by atoms with Crippen molar-refractivity contribution in [1.29, 1.82) is 0 Å². The molecule has 3 heteroatoms. The lowest BCUT2D eigenvalue weighted by Crippen LogP contribution is -2.13. The second-order valence-corrected chi connectivity index (χ2v) is 4.90. The fourth-order valence-electron chi connectivity index (χ4n) is 2.54. The van der Waals surface area contributed by atoms with Crippen LogP contribution < -0.4 is 0 Å². The first-order valence-corrected chi connectivity index (χ1v) is 5.94. The first-order valence-electron chi connectivity index (χ1n) is 5.94. The van der Waals surface area contributed by atoms with E-state index in [2.05, 4.69) is 0 Å². The number of carboxylic acid groups (broad SMARTS) is 1. The summed E-state index contributed by atoms with van der Waals surface area (Å²) in [5, 5.41) is 10.4. The lowest BCUT2D eigenvalue weighted by atomic mass is 9.93. The Balaban J connectivity index is 2.07. The summed E-state index contributed by atoms with van der Waals surface area (Å²) >= 11 is 0. The maximum Gasteiger partial charge on any atom is 0.311 e. The Hall–Kier alpha value is -1.77. The molecule has 3 rings (SSSR count). The van der Waals surface area contributed by atoms with Crippen LogP contribution in [0.3, 0.4) is 0 Å². The van der Waals surface area contributed by atoms with E-state index in [9.17, 15) is 9.90 Å². The van der Waals surface area contributed by atoms with Gasteiger partial charge in [-0.3, -0.25) is 4.79 Å². The molecule has 1 atom stereocenters. The van der Waals surface area contributed by atoms with Crippen LogP contribution in [0, 0.1) is 5.92 Å². The highest BCUT2D eigenvalue weighted by Gasteiger charge is 2.37. The van der Waals surface area contributed by atoms with E-state index in [4.69, 9.17) is 0 Å². The molecule has 1 N–H and O–H groups in total. The minimum absolute atomic E-state index is 0.320. The third-order valence-corrected chi connectivity index (χ3v) is 3.63. The van der Waals surface area contributed by atoms with Crippen LogP contribution in [0.4, 0.5) is 0 Å². The Labute approximate surface area is 99.7 Å². The van der Waals surface area contributed by atoms with Crippen LogP contribution in [0.1, 0.15) is 24.3 Å². The summed E-state index contributed by atoms with van der Waals surface area (Å²) < 4.78 is 2.05. The van der Waals surface area contributed by atoms with Crippen molar-refractivity contribution in [2.45, 2.75) is 18.8 Å². The summed E-state index contributed by atoms with van der Waals surface area (Å²) in [5.74, 6) is -0.670. The van der Waals surface area contributed by atoms with Crippen LogP contribution in [0.15, 0.2) is 30.5 Å². The van der Waals surface area contributed by atoms with Gasteiger partial charge in [0.25, 0.3) is 0 Å². The average molecular weight is 229 g/mol. The van der Waals surface area contributed by atoms with Crippen molar-refractivity contribution in [3.8, 4) is 0 Å². The minimum atomic E-state index is -0.692. The number of aliphatic carboxylic acids is 1. The second-order valence-electron chi connectivity index (χ2n) is 4.90. The summed E-state index contributed by atoms with van der Waals surface area (Å²) in [6.07, 6.45) is 4.09. The van der Waals surface area contributed by atoms with Crippen LogP contribution in [0.25, 0.3) is 10.9 Å². The molecule has 1 aliphatic rings. The molecule has 1 saturated carbocycles. The summed E-state index contributed by atoms with van der Waals surface area (Å²) in [6.45, 7) is 0. The van der Waals surface area contributed by atoms with E-state index in [1.807, 2.05) is 42.1 Å². The molecule has 0 bridgehead atoms. The zero-order valence-corrected chi connectivity index (χ0v) is 9.76. The van der Waals surface area contributed by atoms with E-state index < -0.39 is 5.97 Å². The molecular weight excluding hydrogens is 214 g/mol. The van der Waals surface area contributed by atoms with E-state index in [1.165, 1.54) is 0 Å². The molecule has 1 aliphatic carbocycles. The van der Waals surface area contributed by atoms with Crippen molar-refractivity contribution in [3.63, 3.8) is 0 Å². The monoisotopic (exact) mass is 229 g/mol. The van der Waals surface area contributed by atoms with Crippen molar-refractivity contribution in [2.24, 2.45) is 13.0 Å². The third-order valence-electron chi connectivity index (χ3n) is 3.63. The van der Waals surface area contributed by atoms with E-state index in [0.29, 0.717) is 5.92 Å². The largest absolute Gasteiger partial charge is 0.481 e. The van der Waals surface area contributed by atoms with Gasteiger partial charge >= 0.3 is 5.97 Å². The minimum Gasteiger partial charge on any atom is -0.481 e. The van der Waals surface area contributed by atoms with Gasteiger partial charge in [-0.05, 0) is 47.9 Å². The lowest BCUT2D eigenvalue weighted by molar-refractivity contribution is -0.139. The van der Waals surface area contributed by atoms with Crippen LogP contribution in [-0.2, 0) is 11.8 Å². The zero-order valence-electron chi connectivity index (χ0n) is 9.76. The molecule has 0 spiro atoms. The summed E-state index contributed by atoms with van der Waals surface area (Å²) in [6, 6.07) is 8.03. The van der Waals surface area contributed by atoms with Gasteiger partial charge in [-0.15, -0.1) is 0 Å². The van der Waals surface area contributed by atoms with Gasteiger partial charge in [0.15, 0.2) is 0 Å². The summed E-state index contributed by atoms with van der Waals surface area (Å²) in [4.78, 5) is 11.3. The van der Waals surface area contributed by atoms with Gasteiger partial charge in [0.05, 0.1) is 5.92 Å². The molecule has 3 nitrogen and oxygen atoms in total. The Morgan fingerprint density at radius 1 is 1.41 bits per heavy atom. The lowest BCUT2D eigenvalue weighted by Gasteiger charge is -2.11. The predicted molar refractivity (Wildman–Crippen MR) is 66.0 cm³/mol. The summed E-state index contributed by atoms with van der Waals surface area (Å²) in [7, 11) is 2.00. The SMILES string of the molecule is Cn1ccc2cc(C(C(=O)O)C3CC3)ccc21. The van der Waals surface area contributed by atoms with Crippen molar-refractivity contribution < 1.29 is 9.90 Å². The first-order chi connectivity index (χ1) is 8.16. The Morgan fingerprint density at radius 3 is 2.82 bits per heavy atom. The molecule has 17 heavy (non-hydrogen) atoms. The smallest absolute Gasteiger partial charge is 0.311 e. The summed E-state index contributed by atoms with van der Waals surface area (Å²) in [5.41, 5.74) is 2.09. The number of hydrogen-bond acceptors (Lipinski definition) is 1. The van der Waals surface area contributed by atoms with Crippen LogP contribution in [0.5, 0.6) is 0 Å². The van der Waals surface area contributed by atoms with E-state index >= 15 is 0 Å². The van der Waals surface area contributed by atoms with Crippen molar-refractivity contribution in [1.82, 2.24) is 4.57 Å². The number of fused-ring (bicyclic) bond motifs is 1. The Kier molecular flexibility index (Phi) is 2.21. The van der Waals surface area contributed by atoms with Gasteiger partial charge < -0.3 is 9.67 Å². The highest BCUT2D eigenvalue weighted by atomic mass is 16.4. The fraction of sp³-hybridized carbons (Fsp3) is 0.357. The molecule has 88 valence electrons. The molecule has 2 aromatic rings. The topological polar surface area (TPSA) is 42.2 Å². The van der Waals surface area contributed by atoms with E-state index in [0.717, 1.165) is 29.3 Å². The molecule has 1 unspecified atom stereocenters. The second kappa shape index (κ2) is 3.62. The van der Waals surface area contributed by atoms with Crippen molar-refractivity contribution >= 4 is 16.9 Å². The molecule has 0 aliphatic heterocycles. The first kappa shape index (κ1) is 10.4. The molecule has 1 fully saturated rings. The van der Waals surface area contributed by atoms with Gasteiger partial charge in [0.2, 0.25) is 0 Å². The maximum absolute atomic E-state index is 11.3. The standard InChI is InChI=1S/C14H15NO2/c1-15-7-6-10-8-11(4-5-12(10)15)13(14(16)17)9-2-3-9/h4-9,13H,2-3H2,1H3,(H,16,17). The van der Waals surface area contributed by atoms with Crippen LogP contribution in [-0.4, -0.2) is 15.6 Å². The molecule has 1 aromatic carbocycles. The van der Waals surface area contributed by atoms with Crippen molar-refractivity contribution in [3.05, 3.63) is 36.0 Å². The van der Waals surface area contributed by atoms with Crippen molar-refractivity contribution in [2.75, 3.05) is 0 Å². The van der Waals surface area contributed by atoms with Crippen LogP contribution in [0.2, 0.25) is 0 Å². The van der Waals surface area contributed by atoms with E-state index in [-0.39, 0.29) is 5.92 Å². The molecular formula is C14H15NO2. The number of rotatable bonds is 3. The number of aryl methyl sites for hydroxylation is 1. The van der Waals surface area contributed by atoms with Gasteiger partial charge in [-0.25, -0.2) is 0 Å². The molecule has 0 amide bonds. The number of carbonyl (C=O) groups is 1. The molecule has 0 saturated heterocycles. The number of carboxylic acids is 1. The zero-order chi connectivity index (χ0) is 12.0. The van der Waals surface area contributed by atoms with Gasteiger partial charge in [-0.1, -0.05) is 6.07 Å². The number of nitrogens with zero attached hydrogens (tertiary/aromatic N) is 1. The van der Waals surface area contributed by atoms with Gasteiger partial charge in [0, 0.05) is 18.8 Å². The third kappa shape index (κ3) is 1.71. The Bertz CT molecular complexity index is 581. The average Bonchev–Trinajstić information content (AvgIpc) is 3.04. The maximum atomic E-state index is 11.3. The molecule has 1 aromatic heterocycles. The highest BCUT2D eigenvalue weighted by molar-refractivity contribution is 5.84. The normalized spacial score (nSPS) is 17.2. The Morgan fingerprint density at radius 2 is 2.18 bits per heavy atom. The van der Waals surface area contributed by atoms with E-state index in [1.54, 1.807) is 0 Å². The predicted octanol–water partition coefficient (Wildman–Crippen LogP) is 2.76. The van der Waals surface area contributed by atoms with Gasteiger partial charge in [-0.2, -0.15) is 0 Å². The van der Waals surface area contributed by atoms with Crippen LogP contribution >= 0.6 is 0 Å². The number of aromatic nitrogens is 1. The number of benzene rings is 1. The quantitative estimate of drug-likeness (QED) is 0.879. The number of hydrogen-bond donors (Lipinski definition) is 1. The highest BCUT2D eigenvalue weighted by Crippen LogP contribution is 2.43.